The smallest absolute Gasteiger partial charge is 0.224 e. The third-order valence-corrected chi connectivity index (χ3v) is 5.51. The van der Waals surface area contributed by atoms with Gasteiger partial charge in [0.05, 0.1) is 17.3 Å². The molecule has 2 aliphatic rings. The Hall–Kier alpha value is -1.88. The number of aromatic nitrogens is 2. The van der Waals surface area contributed by atoms with E-state index in [0.717, 1.165) is 24.4 Å². The molecule has 1 aliphatic heterocycles. The van der Waals surface area contributed by atoms with Gasteiger partial charge in [0.2, 0.25) is 5.91 Å². The average molecular weight is 312 g/mol. The number of aryl methyl sites for hydroxylation is 1. The summed E-state index contributed by atoms with van der Waals surface area (Å²) in [4.78, 5) is 17.4. The van der Waals surface area contributed by atoms with Crippen LogP contribution in [0.15, 0.2) is 24.5 Å². The van der Waals surface area contributed by atoms with Crippen LogP contribution in [0.1, 0.15) is 31.7 Å². The van der Waals surface area contributed by atoms with Crippen molar-refractivity contribution in [2.45, 2.75) is 32.7 Å². The van der Waals surface area contributed by atoms with Crippen molar-refractivity contribution in [3.05, 3.63) is 35.9 Å². The second kappa shape index (κ2) is 5.06. The topological polar surface area (TPSA) is 58.4 Å². The Kier molecular flexibility index (Phi) is 3.23. The summed E-state index contributed by atoms with van der Waals surface area (Å²) < 4.78 is 2.08. The van der Waals surface area contributed by atoms with Gasteiger partial charge in [0.15, 0.2) is 0 Å². The zero-order valence-corrected chi connectivity index (χ0v) is 14.0. The van der Waals surface area contributed by atoms with Gasteiger partial charge in [0.1, 0.15) is 5.82 Å². The highest BCUT2D eigenvalue weighted by molar-refractivity contribution is 5.81. The van der Waals surface area contributed by atoms with E-state index in [1.165, 1.54) is 12.0 Å². The molecule has 1 saturated carbocycles. The summed E-state index contributed by atoms with van der Waals surface area (Å²) in [5.41, 5.74) is 1.79. The first-order valence-electron chi connectivity index (χ1n) is 8.43. The summed E-state index contributed by atoms with van der Waals surface area (Å²) in [5.74, 6) is 2.24. The maximum atomic E-state index is 12.8. The Morgan fingerprint density at radius 1 is 1.39 bits per heavy atom. The number of hydrogen-bond acceptors (Lipinski definition) is 3. The quantitative estimate of drug-likeness (QED) is 0.909. The lowest BCUT2D eigenvalue weighted by atomic mass is 9.61. The van der Waals surface area contributed by atoms with E-state index in [9.17, 15) is 4.79 Å². The molecule has 3 atom stereocenters. The summed E-state index contributed by atoms with van der Waals surface area (Å²) in [6, 6.07) is 4.10. The van der Waals surface area contributed by atoms with Crippen LogP contribution in [-0.2, 0) is 10.3 Å². The summed E-state index contributed by atoms with van der Waals surface area (Å²) >= 11 is 0. The van der Waals surface area contributed by atoms with Crippen LogP contribution >= 0.6 is 0 Å². The minimum absolute atomic E-state index is 0.170. The number of piperidine rings is 2. The molecule has 5 nitrogen and oxygen atoms in total. The summed E-state index contributed by atoms with van der Waals surface area (Å²) in [6.45, 7) is 8.10. The number of hydrogen-bond donors (Lipinski definition) is 2. The Morgan fingerprint density at radius 2 is 2.13 bits per heavy atom. The van der Waals surface area contributed by atoms with E-state index < -0.39 is 5.54 Å². The van der Waals surface area contributed by atoms with Crippen molar-refractivity contribution in [3.63, 3.8) is 0 Å². The summed E-state index contributed by atoms with van der Waals surface area (Å²) in [7, 11) is 0. The number of nitrogens with one attached hydrogen (secondary N) is 2. The zero-order valence-electron chi connectivity index (χ0n) is 14.0. The summed E-state index contributed by atoms with van der Waals surface area (Å²) in [6.07, 6.45) is 5.10. The molecule has 2 unspecified atom stereocenters. The third-order valence-electron chi connectivity index (χ3n) is 5.51. The maximum absolute atomic E-state index is 12.8. The van der Waals surface area contributed by atoms with Crippen LogP contribution in [0, 0.1) is 24.7 Å². The number of carbonyl (C=O) groups is 1. The molecule has 1 saturated heterocycles. The predicted molar refractivity (Wildman–Crippen MR) is 89.1 cm³/mol. The van der Waals surface area contributed by atoms with Crippen LogP contribution in [-0.4, -0.2) is 28.4 Å². The van der Waals surface area contributed by atoms with E-state index in [1.54, 1.807) is 0 Å². The minimum Gasteiger partial charge on any atom is -0.344 e. The Morgan fingerprint density at radius 3 is 2.83 bits per heavy atom. The Bertz CT molecular complexity index is 749. The maximum Gasteiger partial charge on any atom is 0.224 e. The van der Waals surface area contributed by atoms with Crippen LogP contribution in [0.2, 0.25) is 0 Å². The molecule has 2 aromatic rings. The SMILES string of the molecule is Cc1cccn2c(C(C)(C)NC(=O)C3C4CNC[C@H]3C4)ncc12. The van der Waals surface area contributed by atoms with Crippen molar-refractivity contribution in [2.75, 3.05) is 13.1 Å². The molecular formula is C18H24N4O. The standard InChI is InChI=1S/C18H24N4O/c1-11-5-4-6-22-14(11)10-20-17(22)18(2,3)21-16(23)15-12-7-13(15)9-19-8-12/h4-6,10,12-13,15,19H,7-9H2,1-3H3,(H,21,23)/t12-,13?,15?/m1/s1. The van der Waals surface area contributed by atoms with E-state index in [0.29, 0.717) is 11.8 Å². The first-order valence-corrected chi connectivity index (χ1v) is 8.43. The number of pyridine rings is 1. The molecule has 5 heteroatoms. The number of amides is 1. The van der Waals surface area contributed by atoms with Crippen molar-refractivity contribution in [1.29, 1.82) is 0 Å². The molecule has 2 bridgehead atoms. The second-order valence-electron chi connectivity index (χ2n) is 7.58. The summed E-state index contributed by atoms with van der Waals surface area (Å²) in [5, 5.41) is 6.64. The number of nitrogens with zero attached hydrogens (tertiary/aromatic N) is 2. The largest absolute Gasteiger partial charge is 0.344 e. The normalized spacial score (nSPS) is 26.8. The monoisotopic (exact) mass is 312 g/mol. The van der Waals surface area contributed by atoms with Crippen molar-refractivity contribution < 1.29 is 4.79 Å². The zero-order chi connectivity index (χ0) is 16.2. The number of carbonyl (C=O) groups excluding carboxylic acids is 1. The predicted octanol–water partition coefficient (Wildman–Crippen LogP) is 1.85. The van der Waals surface area contributed by atoms with Gasteiger partial charge in [-0.25, -0.2) is 4.98 Å². The van der Waals surface area contributed by atoms with Gasteiger partial charge in [-0.2, -0.15) is 0 Å². The van der Waals surface area contributed by atoms with Crippen LogP contribution < -0.4 is 10.6 Å². The molecule has 122 valence electrons. The molecule has 2 N–H and O–H groups in total. The molecule has 4 rings (SSSR count). The molecule has 0 aromatic carbocycles. The van der Waals surface area contributed by atoms with Gasteiger partial charge < -0.3 is 15.0 Å². The second-order valence-corrected chi connectivity index (χ2v) is 7.58. The van der Waals surface area contributed by atoms with E-state index in [-0.39, 0.29) is 11.8 Å². The fourth-order valence-electron chi connectivity index (χ4n) is 4.25. The highest BCUT2D eigenvalue weighted by Gasteiger charge is 2.48. The Balaban J connectivity index is 1.59. The van der Waals surface area contributed by atoms with E-state index in [4.69, 9.17) is 0 Å². The van der Waals surface area contributed by atoms with Crippen LogP contribution in [0.3, 0.4) is 0 Å². The Labute approximate surface area is 136 Å². The first kappa shape index (κ1) is 14.7. The molecule has 2 fully saturated rings. The highest BCUT2D eigenvalue weighted by Crippen LogP contribution is 2.43. The molecule has 0 radical (unpaired) electrons. The van der Waals surface area contributed by atoms with Crippen molar-refractivity contribution in [2.24, 2.45) is 17.8 Å². The molecule has 1 aliphatic carbocycles. The van der Waals surface area contributed by atoms with Gasteiger partial charge in [-0.3, -0.25) is 4.79 Å². The van der Waals surface area contributed by atoms with E-state index in [1.807, 2.05) is 32.3 Å². The number of rotatable bonds is 3. The molecule has 2 aromatic heterocycles. The number of imidazole rings is 1. The van der Waals surface area contributed by atoms with E-state index >= 15 is 0 Å². The van der Waals surface area contributed by atoms with Gasteiger partial charge in [-0.1, -0.05) is 6.07 Å². The van der Waals surface area contributed by atoms with Crippen molar-refractivity contribution in [1.82, 2.24) is 20.0 Å². The molecule has 23 heavy (non-hydrogen) atoms. The van der Waals surface area contributed by atoms with Crippen LogP contribution in [0.25, 0.3) is 5.52 Å². The van der Waals surface area contributed by atoms with Crippen molar-refractivity contribution in [3.8, 4) is 0 Å². The lowest BCUT2D eigenvalue weighted by Crippen LogP contribution is -2.60. The van der Waals surface area contributed by atoms with Gasteiger partial charge >= 0.3 is 0 Å². The van der Waals surface area contributed by atoms with Gasteiger partial charge in [0, 0.05) is 12.1 Å². The molecule has 1 amide bonds. The lowest BCUT2D eigenvalue weighted by Gasteiger charge is -2.49. The van der Waals surface area contributed by atoms with Gasteiger partial charge in [-0.15, -0.1) is 0 Å². The first-order chi connectivity index (χ1) is 11.0. The molecular weight excluding hydrogens is 288 g/mol. The van der Waals surface area contributed by atoms with Crippen LogP contribution in [0.4, 0.5) is 0 Å². The molecule has 3 heterocycles. The highest BCUT2D eigenvalue weighted by atomic mass is 16.2. The lowest BCUT2D eigenvalue weighted by molar-refractivity contribution is -0.138. The average Bonchev–Trinajstić information content (AvgIpc) is 2.93. The van der Waals surface area contributed by atoms with Gasteiger partial charge in [-0.05, 0) is 63.7 Å². The fraction of sp³-hybridized carbons (Fsp3) is 0.556. The van der Waals surface area contributed by atoms with Crippen LogP contribution in [0.5, 0.6) is 0 Å². The van der Waals surface area contributed by atoms with Crippen molar-refractivity contribution >= 4 is 11.4 Å². The number of fused-ring (bicyclic) bond motifs is 3. The minimum atomic E-state index is -0.491. The third kappa shape index (κ3) is 2.26. The van der Waals surface area contributed by atoms with Gasteiger partial charge in [0.25, 0.3) is 0 Å². The van der Waals surface area contributed by atoms with E-state index in [2.05, 4.69) is 33.0 Å². The molecule has 0 spiro atoms. The fourth-order valence-corrected chi connectivity index (χ4v) is 4.25.